The normalized spacial score (nSPS) is 11.5. The maximum Gasteiger partial charge on any atom is 0.240 e. The van der Waals surface area contributed by atoms with E-state index >= 15 is 0 Å². The van der Waals surface area contributed by atoms with Crippen molar-refractivity contribution in [3.05, 3.63) is 65.7 Å². The lowest BCUT2D eigenvalue weighted by molar-refractivity contribution is -0.134. The Labute approximate surface area is 155 Å². The fraction of sp³-hybridized carbons (Fsp3) is 0.333. The first kappa shape index (κ1) is 19.5. The van der Waals surface area contributed by atoms with Gasteiger partial charge in [-0.15, -0.1) is 0 Å². The van der Waals surface area contributed by atoms with Crippen LogP contribution < -0.4 is 10.1 Å². The third kappa shape index (κ3) is 5.62. The van der Waals surface area contributed by atoms with E-state index < -0.39 is 0 Å². The summed E-state index contributed by atoms with van der Waals surface area (Å²) < 4.78 is 5.34. The molecule has 1 N–H and O–H groups in total. The van der Waals surface area contributed by atoms with Crippen LogP contribution in [0, 0.1) is 0 Å². The molecule has 0 saturated carbocycles. The molecule has 0 aliphatic carbocycles. The second kappa shape index (κ2) is 9.61. The number of methoxy groups -OCH3 is 1. The average molecular weight is 354 g/mol. The molecule has 5 heteroatoms. The molecule has 1 unspecified atom stereocenters. The Morgan fingerprint density at radius 2 is 1.73 bits per heavy atom. The van der Waals surface area contributed by atoms with Gasteiger partial charge in [0.15, 0.2) is 0 Å². The summed E-state index contributed by atoms with van der Waals surface area (Å²) in [7, 11) is 1.62. The van der Waals surface area contributed by atoms with Gasteiger partial charge in [0.05, 0.1) is 19.7 Å². The predicted molar refractivity (Wildman–Crippen MR) is 102 cm³/mol. The first-order valence-electron chi connectivity index (χ1n) is 8.73. The van der Waals surface area contributed by atoms with E-state index in [1.54, 1.807) is 12.0 Å². The number of hydrogen-bond acceptors (Lipinski definition) is 3. The zero-order chi connectivity index (χ0) is 18.9. The molecule has 0 heterocycles. The van der Waals surface area contributed by atoms with E-state index in [0.29, 0.717) is 13.0 Å². The Morgan fingerprint density at radius 3 is 2.38 bits per heavy atom. The number of nitrogens with zero attached hydrogens (tertiary/aromatic N) is 1. The number of benzene rings is 2. The molecule has 0 bridgehead atoms. The van der Waals surface area contributed by atoms with Crippen molar-refractivity contribution in [2.75, 3.05) is 20.2 Å². The summed E-state index contributed by atoms with van der Waals surface area (Å²) in [5.41, 5.74) is 2.04. The van der Waals surface area contributed by atoms with Crippen LogP contribution in [-0.4, -0.2) is 36.9 Å². The number of carbonyl (C=O) groups is 2. The summed E-state index contributed by atoms with van der Waals surface area (Å²) in [4.78, 5) is 25.8. The molecule has 2 aromatic carbocycles. The largest absolute Gasteiger partial charge is 0.496 e. The molecule has 0 fully saturated rings. The molecule has 1 atom stereocenters. The molecular weight excluding hydrogens is 328 g/mol. The predicted octanol–water partition coefficient (Wildman–Crippen LogP) is 2.96. The Morgan fingerprint density at radius 1 is 1.08 bits per heavy atom. The molecule has 2 amide bonds. The second-order valence-electron chi connectivity index (χ2n) is 6.20. The van der Waals surface area contributed by atoms with E-state index in [2.05, 4.69) is 5.32 Å². The lowest BCUT2D eigenvalue weighted by atomic mass is 10.1. The van der Waals surface area contributed by atoms with Crippen LogP contribution in [0.5, 0.6) is 5.75 Å². The summed E-state index contributed by atoms with van der Waals surface area (Å²) in [6, 6.07) is 17.3. The zero-order valence-corrected chi connectivity index (χ0v) is 15.6. The standard InChI is InChI=1S/C21H26N2O3/c1-16(18-9-5-4-6-10-18)22-21(25)15-23(17(2)24)14-13-19-11-7-8-12-20(19)26-3/h4-12,16H,13-15H2,1-3H3,(H,22,25). The van der Waals surface area contributed by atoms with Crippen molar-refractivity contribution < 1.29 is 14.3 Å². The van der Waals surface area contributed by atoms with Crippen LogP contribution in [0.4, 0.5) is 0 Å². The third-order valence-corrected chi connectivity index (χ3v) is 4.30. The van der Waals surface area contributed by atoms with Crippen molar-refractivity contribution in [1.29, 1.82) is 0 Å². The first-order valence-corrected chi connectivity index (χ1v) is 8.73. The smallest absolute Gasteiger partial charge is 0.240 e. The molecule has 2 rings (SSSR count). The molecule has 0 aromatic heterocycles. The highest BCUT2D eigenvalue weighted by molar-refractivity contribution is 5.84. The van der Waals surface area contributed by atoms with Gasteiger partial charge < -0.3 is 15.0 Å². The van der Waals surface area contributed by atoms with E-state index in [4.69, 9.17) is 4.74 Å². The van der Waals surface area contributed by atoms with E-state index in [1.807, 2.05) is 61.5 Å². The van der Waals surface area contributed by atoms with Crippen molar-refractivity contribution in [3.63, 3.8) is 0 Å². The minimum atomic E-state index is -0.170. The molecule has 138 valence electrons. The molecular formula is C21H26N2O3. The summed E-state index contributed by atoms with van der Waals surface area (Å²) in [5.74, 6) is 0.497. The Hall–Kier alpha value is -2.82. The van der Waals surface area contributed by atoms with E-state index in [1.165, 1.54) is 6.92 Å². The Bertz CT molecular complexity index is 731. The maximum atomic E-state index is 12.3. The van der Waals surface area contributed by atoms with Gasteiger partial charge >= 0.3 is 0 Å². The highest BCUT2D eigenvalue weighted by atomic mass is 16.5. The van der Waals surface area contributed by atoms with Gasteiger partial charge in [0.2, 0.25) is 11.8 Å². The Balaban J connectivity index is 1.93. The number of amides is 2. The Kier molecular flexibility index (Phi) is 7.21. The van der Waals surface area contributed by atoms with Crippen LogP contribution in [0.1, 0.15) is 31.0 Å². The summed E-state index contributed by atoms with van der Waals surface area (Å²) in [5, 5.41) is 2.94. The van der Waals surface area contributed by atoms with Crippen LogP contribution in [0.15, 0.2) is 54.6 Å². The van der Waals surface area contributed by atoms with Crippen LogP contribution in [0.3, 0.4) is 0 Å². The van der Waals surface area contributed by atoms with Crippen molar-refractivity contribution in [2.45, 2.75) is 26.3 Å². The molecule has 5 nitrogen and oxygen atoms in total. The molecule has 0 saturated heterocycles. The van der Waals surface area contributed by atoms with Gasteiger partial charge in [-0.3, -0.25) is 9.59 Å². The fourth-order valence-corrected chi connectivity index (χ4v) is 2.80. The number of hydrogen-bond donors (Lipinski definition) is 1. The highest BCUT2D eigenvalue weighted by Gasteiger charge is 2.16. The summed E-state index contributed by atoms with van der Waals surface area (Å²) in [6.45, 7) is 3.92. The molecule has 0 aliphatic rings. The van der Waals surface area contributed by atoms with Gasteiger partial charge in [-0.05, 0) is 30.5 Å². The maximum absolute atomic E-state index is 12.3. The number of para-hydroxylation sites is 1. The van der Waals surface area contributed by atoms with Crippen molar-refractivity contribution >= 4 is 11.8 Å². The van der Waals surface area contributed by atoms with Crippen molar-refractivity contribution in [2.24, 2.45) is 0 Å². The minimum absolute atomic E-state index is 0.0433. The molecule has 26 heavy (non-hydrogen) atoms. The topological polar surface area (TPSA) is 58.6 Å². The number of nitrogens with one attached hydrogen (secondary N) is 1. The van der Waals surface area contributed by atoms with Gasteiger partial charge in [-0.1, -0.05) is 48.5 Å². The van der Waals surface area contributed by atoms with Crippen LogP contribution in [0.2, 0.25) is 0 Å². The molecule has 0 radical (unpaired) electrons. The minimum Gasteiger partial charge on any atom is -0.496 e. The SMILES string of the molecule is COc1ccccc1CCN(CC(=O)NC(C)c1ccccc1)C(C)=O. The number of rotatable bonds is 8. The van der Waals surface area contributed by atoms with E-state index in [0.717, 1.165) is 16.9 Å². The van der Waals surface area contributed by atoms with Crippen LogP contribution in [0.25, 0.3) is 0 Å². The number of ether oxygens (including phenoxy) is 1. The van der Waals surface area contributed by atoms with E-state index in [-0.39, 0.29) is 24.4 Å². The van der Waals surface area contributed by atoms with Crippen molar-refractivity contribution in [3.8, 4) is 5.75 Å². The third-order valence-electron chi connectivity index (χ3n) is 4.30. The lowest BCUT2D eigenvalue weighted by Gasteiger charge is -2.22. The highest BCUT2D eigenvalue weighted by Crippen LogP contribution is 2.18. The van der Waals surface area contributed by atoms with Gasteiger partial charge in [0.25, 0.3) is 0 Å². The summed E-state index contributed by atoms with van der Waals surface area (Å²) in [6.07, 6.45) is 0.630. The monoisotopic (exact) mass is 354 g/mol. The molecule has 0 spiro atoms. The number of carbonyl (C=O) groups excluding carboxylic acids is 2. The van der Waals surface area contributed by atoms with Crippen LogP contribution >= 0.6 is 0 Å². The quantitative estimate of drug-likeness (QED) is 0.793. The lowest BCUT2D eigenvalue weighted by Crippen LogP contribution is -2.41. The van der Waals surface area contributed by atoms with E-state index in [9.17, 15) is 9.59 Å². The summed E-state index contributed by atoms with van der Waals surface area (Å²) >= 11 is 0. The first-order chi connectivity index (χ1) is 12.5. The van der Waals surface area contributed by atoms with Gasteiger partial charge in [0, 0.05) is 13.5 Å². The van der Waals surface area contributed by atoms with Crippen molar-refractivity contribution in [1.82, 2.24) is 10.2 Å². The zero-order valence-electron chi connectivity index (χ0n) is 15.6. The average Bonchev–Trinajstić information content (AvgIpc) is 2.65. The van der Waals surface area contributed by atoms with Gasteiger partial charge in [0.1, 0.15) is 5.75 Å². The molecule has 2 aromatic rings. The fourth-order valence-electron chi connectivity index (χ4n) is 2.80. The van der Waals surface area contributed by atoms with Gasteiger partial charge in [-0.2, -0.15) is 0 Å². The molecule has 0 aliphatic heterocycles. The van der Waals surface area contributed by atoms with Gasteiger partial charge in [-0.25, -0.2) is 0 Å². The van der Waals surface area contributed by atoms with Crippen LogP contribution in [-0.2, 0) is 16.0 Å². The second-order valence-corrected chi connectivity index (χ2v) is 6.20.